The molecule has 0 bridgehead atoms. The maximum Gasteiger partial charge on any atom is 0.270 e. The van der Waals surface area contributed by atoms with Crippen LogP contribution >= 0.6 is 11.6 Å². The summed E-state index contributed by atoms with van der Waals surface area (Å²) in [5, 5.41) is 11.9. The van der Waals surface area contributed by atoms with Gasteiger partial charge in [-0.1, -0.05) is 23.7 Å². The number of nitro groups is 1. The number of nitro benzene ring substituents is 1. The number of fused-ring (bicyclic) bond motifs is 1. The van der Waals surface area contributed by atoms with Crippen LogP contribution in [0.1, 0.15) is 0 Å². The Morgan fingerprint density at radius 1 is 0.861 bits per heavy atom. The number of nitrogens with zero attached hydrogens (tertiary/aromatic N) is 4. The zero-order valence-corrected chi connectivity index (χ0v) is 19.9. The van der Waals surface area contributed by atoms with Gasteiger partial charge in [0.25, 0.3) is 15.7 Å². The highest BCUT2D eigenvalue weighted by molar-refractivity contribution is 7.92. The molecule has 0 unspecified atom stereocenters. The van der Waals surface area contributed by atoms with Crippen molar-refractivity contribution in [2.24, 2.45) is 0 Å². The maximum absolute atomic E-state index is 12.9. The Morgan fingerprint density at radius 2 is 1.67 bits per heavy atom. The zero-order chi connectivity index (χ0) is 25.3. The number of hydrogen-bond donors (Lipinski definition) is 1. The molecule has 0 aliphatic carbocycles. The molecule has 0 aliphatic heterocycles. The fourth-order valence-corrected chi connectivity index (χ4v) is 5.06. The molecule has 0 saturated heterocycles. The summed E-state index contributed by atoms with van der Waals surface area (Å²) in [6.45, 7) is 0. The Hall–Kier alpha value is -4.41. The summed E-state index contributed by atoms with van der Waals surface area (Å²) in [6, 6.07) is 17.7. The number of anilines is 1. The van der Waals surface area contributed by atoms with E-state index in [-0.39, 0.29) is 21.4 Å². The van der Waals surface area contributed by atoms with Gasteiger partial charge < -0.3 is 0 Å². The second kappa shape index (κ2) is 9.33. The van der Waals surface area contributed by atoms with Crippen molar-refractivity contribution in [3.63, 3.8) is 0 Å². The third-order valence-electron chi connectivity index (χ3n) is 5.49. The Bertz CT molecular complexity index is 1730. The van der Waals surface area contributed by atoms with E-state index in [0.29, 0.717) is 5.56 Å². The number of pyridine rings is 3. The fourth-order valence-electron chi connectivity index (χ4n) is 3.75. The standard InChI is InChI=1S/C25H16ClN5O4S/c26-25-24(30-36(34,35)20-3-1-2-19(14-20)31(32)33)13-18(15-29-25)17-4-5-23-22(12-17)21(8-11-28-23)16-6-9-27-10-7-16/h1-15,30H. The van der Waals surface area contributed by atoms with Crippen molar-refractivity contribution in [3.05, 3.63) is 107 Å². The number of hydrogen-bond acceptors (Lipinski definition) is 7. The van der Waals surface area contributed by atoms with Crippen LogP contribution in [0.25, 0.3) is 33.2 Å². The normalized spacial score (nSPS) is 11.4. The number of benzene rings is 2. The summed E-state index contributed by atoms with van der Waals surface area (Å²) < 4.78 is 28.2. The Morgan fingerprint density at radius 3 is 2.44 bits per heavy atom. The highest BCUT2D eigenvalue weighted by atomic mass is 35.5. The smallest absolute Gasteiger partial charge is 0.270 e. The van der Waals surface area contributed by atoms with Crippen molar-refractivity contribution < 1.29 is 13.3 Å². The number of halogens is 1. The van der Waals surface area contributed by atoms with E-state index in [1.807, 2.05) is 36.4 Å². The van der Waals surface area contributed by atoms with Gasteiger partial charge in [0.15, 0.2) is 5.15 Å². The van der Waals surface area contributed by atoms with Gasteiger partial charge in [0.1, 0.15) is 0 Å². The highest BCUT2D eigenvalue weighted by Gasteiger charge is 2.20. The third-order valence-corrected chi connectivity index (χ3v) is 7.15. The molecule has 5 rings (SSSR count). The van der Waals surface area contributed by atoms with Crippen molar-refractivity contribution in [2.45, 2.75) is 4.90 Å². The number of rotatable bonds is 6. The van der Waals surface area contributed by atoms with E-state index in [4.69, 9.17) is 11.6 Å². The molecule has 0 amide bonds. The summed E-state index contributed by atoms with van der Waals surface area (Å²) in [7, 11) is -4.16. The molecule has 11 heteroatoms. The van der Waals surface area contributed by atoms with E-state index in [9.17, 15) is 18.5 Å². The lowest BCUT2D eigenvalue weighted by Gasteiger charge is -2.12. The van der Waals surface area contributed by atoms with Crippen LogP contribution in [0.2, 0.25) is 5.15 Å². The molecule has 2 aromatic carbocycles. The first-order chi connectivity index (χ1) is 17.3. The Labute approximate surface area is 210 Å². The van der Waals surface area contributed by atoms with Crippen LogP contribution in [-0.2, 0) is 10.0 Å². The van der Waals surface area contributed by atoms with Gasteiger partial charge in [0.2, 0.25) is 0 Å². The van der Waals surface area contributed by atoms with Crippen LogP contribution in [-0.4, -0.2) is 28.3 Å². The van der Waals surface area contributed by atoms with Gasteiger partial charge in [0, 0.05) is 47.9 Å². The van der Waals surface area contributed by atoms with E-state index in [2.05, 4.69) is 19.7 Å². The summed E-state index contributed by atoms with van der Waals surface area (Å²) in [5.74, 6) is 0. The molecule has 3 heterocycles. The highest BCUT2D eigenvalue weighted by Crippen LogP contribution is 2.33. The predicted molar refractivity (Wildman–Crippen MR) is 137 cm³/mol. The summed E-state index contributed by atoms with van der Waals surface area (Å²) in [5.41, 5.74) is 3.83. The maximum atomic E-state index is 12.9. The second-order valence-corrected chi connectivity index (χ2v) is 9.79. The Kier molecular flexibility index (Phi) is 6.05. The van der Waals surface area contributed by atoms with E-state index >= 15 is 0 Å². The first-order valence-electron chi connectivity index (χ1n) is 10.5. The van der Waals surface area contributed by atoms with Crippen LogP contribution in [0.15, 0.2) is 96.4 Å². The van der Waals surface area contributed by atoms with Crippen LogP contribution in [0, 0.1) is 10.1 Å². The molecular weight excluding hydrogens is 502 g/mol. The van der Waals surface area contributed by atoms with Gasteiger partial charge in [-0.3, -0.25) is 24.8 Å². The molecule has 0 atom stereocenters. The van der Waals surface area contributed by atoms with Crippen LogP contribution < -0.4 is 4.72 Å². The molecule has 5 aromatic rings. The van der Waals surface area contributed by atoms with Gasteiger partial charge in [-0.2, -0.15) is 0 Å². The van der Waals surface area contributed by atoms with Crippen molar-refractivity contribution >= 4 is 43.9 Å². The molecule has 36 heavy (non-hydrogen) atoms. The van der Waals surface area contributed by atoms with Crippen molar-refractivity contribution in [1.82, 2.24) is 15.0 Å². The molecule has 3 aromatic heterocycles. The first-order valence-corrected chi connectivity index (χ1v) is 12.4. The minimum Gasteiger partial charge on any atom is -0.276 e. The fraction of sp³-hybridized carbons (Fsp3) is 0. The van der Waals surface area contributed by atoms with Crippen molar-refractivity contribution in [2.75, 3.05) is 4.72 Å². The summed E-state index contributed by atoms with van der Waals surface area (Å²) >= 11 is 6.20. The number of non-ortho nitro benzene ring substituents is 1. The van der Waals surface area contributed by atoms with Crippen LogP contribution in [0.5, 0.6) is 0 Å². The molecule has 178 valence electrons. The van der Waals surface area contributed by atoms with E-state index < -0.39 is 14.9 Å². The zero-order valence-electron chi connectivity index (χ0n) is 18.4. The molecule has 0 radical (unpaired) electrons. The second-order valence-electron chi connectivity index (χ2n) is 7.75. The quantitative estimate of drug-likeness (QED) is 0.173. The minimum atomic E-state index is -4.16. The van der Waals surface area contributed by atoms with E-state index in [1.54, 1.807) is 24.7 Å². The minimum absolute atomic E-state index is 0.0429. The summed E-state index contributed by atoms with van der Waals surface area (Å²) in [4.78, 5) is 22.8. The number of sulfonamides is 1. The van der Waals surface area contributed by atoms with Gasteiger partial charge in [-0.05, 0) is 59.2 Å². The van der Waals surface area contributed by atoms with Gasteiger partial charge in [-0.25, -0.2) is 13.4 Å². The average Bonchev–Trinajstić information content (AvgIpc) is 2.90. The molecule has 9 nitrogen and oxygen atoms in total. The molecular formula is C25H16ClN5O4S. The third kappa shape index (κ3) is 4.59. The monoisotopic (exact) mass is 517 g/mol. The number of nitrogens with one attached hydrogen (secondary N) is 1. The molecule has 1 N–H and O–H groups in total. The molecule has 0 aliphatic rings. The average molecular weight is 518 g/mol. The van der Waals surface area contributed by atoms with Crippen molar-refractivity contribution in [3.8, 4) is 22.3 Å². The lowest BCUT2D eigenvalue weighted by Crippen LogP contribution is -2.14. The molecule has 0 saturated carbocycles. The molecule has 0 fully saturated rings. The number of aromatic nitrogens is 3. The summed E-state index contributed by atoms with van der Waals surface area (Å²) in [6.07, 6.45) is 6.71. The lowest BCUT2D eigenvalue weighted by molar-refractivity contribution is -0.385. The van der Waals surface area contributed by atoms with Gasteiger partial charge >= 0.3 is 0 Å². The topological polar surface area (TPSA) is 128 Å². The van der Waals surface area contributed by atoms with Crippen LogP contribution in [0.4, 0.5) is 11.4 Å². The van der Waals surface area contributed by atoms with Crippen LogP contribution in [0.3, 0.4) is 0 Å². The Balaban J connectivity index is 1.54. The first kappa shape index (κ1) is 23.3. The molecule has 0 spiro atoms. The largest absolute Gasteiger partial charge is 0.276 e. The van der Waals surface area contributed by atoms with E-state index in [0.717, 1.165) is 33.7 Å². The van der Waals surface area contributed by atoms with E-state index in [1.165, 1.54) is 24.4 Å². The SMILES string of the molecule is O=[N+]([O-])c1cccc(S(=O)(=O)Nc2cc(-c3ccc4nccc(-c5ccncc5)c4c3)cnc2Cl)c1. The van der Waals surface area contributed by atoms with Gasteiger partial charge in [0.05, 0.1) is 21.0 Å². The predicted octanol–water partition coefficient (Wildman–Crippen LogP) is 5.72. The van der Waals surface area contributed by atoms with Crippen molar-refractivity contribution in [1.29, 1.82) is 0 Å². The van der Waals surface area contributed by atoms with Gasteiger partial charge in [-0.15, -0.1) is 0 Å². The lowest BCUT2D eigenvalue weighted by atomic mass is 9.98.